The van der Waals surface area contributed by atoms with Crippen LogP contribution in [0.4, 0.5) is 5.69 Å². The largest absolute Gasteiger partial charge is 0.452 e. The zero-order valence-electron chi connectivity index (χ0n) is 15.1. The SMILES string of the molecule is CC(=O)Nc1cccc(C(=O)OCC(=O)NCc2ccc(C)c(C)c2)c1. The lowest BCUT2D eigenvalue weighted by Gasteiger charge is -2.09. The molecule has 6 nitrogen and oxygen atoms in total. The quantitative estimate of drug-likeness (QED) is 0.781. The van der Waals surface area contributed by atoms with Crippen molar-refractivity contribution >= 4 is 23.5 Å². The summed E-state index contributed by atoms with van der Waals surface area (Å²) in [6, 6.07) is 12.3. The van der Waals surface area contributed by atoms with Crippen LogP contribution in [0.2, 0.25) is 0 Å². The highest BCUT2D eigenvalue weighted by Crippen LogP contribution is 2.12. The molecule has 0 unspecified atom stereocenters. The van der Waals surface area contributed by atoms with Crippen LogP contribution in [0.1, 0.15) is 34.0 Å². The molecule has 6 heteroatoms. The molecule has 0 spiro atoms. The van der Waals surface area contributed by atoms with Crippen molar-refractivity contribution in [3.63, 3.8) is 0 Å². The fourth-order valence-electron chi connectivity index (χ4n) is 2.31. The molecule has 0 heterocycles. The topological polar surface area (TPSA) is 84.5 Å². The van der Waals surface area contributed by atoms with Gasteiger partial charge in [-0.2, -0.15) is 0 Å². The third kappa shape index (κ3) is 5.73. The molecule has 0 aliphatic rings. The monoisotopic (exact) mass is 354 g/mol. The minimum atomic E-state index is -0.626. The number of anilines is 1. The number of carbonyl (C=O) groups is 3. The van der Waals surface area contributed by atoms with Gasteiger partial charge in [0.2, 0.25) is 5.91 Å². The van der Waals surface area contributed by atoms with E-state index in [2.05, 4.69) is 10.6 Å². The number of hydrogen-bond donors (Lipinski definition) is 2. The zero-order valence-corrected chi connectivity index (χ0v) is 15.1. The molecule has 2 rings (SSSR count). The van der Waals surface area contributed by atoms with Gasteiger partial charge >= 0.3 is 5.97 Å². The van der Waals surface area contributed by atoms with Gasteiger partial charge in [0.25, 0.3) is 5.91 Å². The zero-order chi connectivity index (χ0) is 19.1. The standard InChI is InChI=1S/C20H22N2O4/c1-13-7-8-16(9-14(13)2)11-21-19(24)12-26-20(25)17-5-4-6-18(10-17)22-15(3)23/h4-10H,11-12H2,1-3H3,(H,21,24)(H,22,23). The molecule has 0 radical (unpaired) electrons. The lowest BCUT2D eigenvalue weighted by Crippen LogP contribution is -2.28. The molecule has 0 aromatic heterocycles. The van der Waals surface area contributed by atoms with Gasteiger partial charge in [-0.3, -0.25) is 9.59 Å². The van der Waals surface area contributed by atoms with E-state index in [0.29, 0.717) is 12.2 Å². The molecule has 2 aromatic carbocycles. The van der Waals surface area contributed by atoms with E-state index < -0.39 is 5.97 Å². The molecule has 0 aliphatic heterocycles. The predicted molar refractivity (Wildman–Crippen MR) is 98.8 cm³/mol. The molecule has 2 amide bonds. The van der Waals surface area contributed by atoms with Crippen molar-refractivity contribution in [2.75, 3.05) is 11.9 Å². The molecule has 26 heavy (non-hydrogen) atoms. The number of amides is 2. The van der Waals surface area contributed by atoms with Gasteiger partial charge in [0.05, 0.1) is 5.56 Å². The van der Waals surface area contributed by atoms with Crippen molar-refractivity contribution in [1.82, 2.24) is 5.32 Å². The van der Waals surface area contributed by atoms with Crippen LogP contribution in [-0.2, 0) is 20.9 Å². The lowest BCUT2D eigenvalue weighted by atomic mass is 10.1. The Morgan fingerprint density at radius 1 is 1.00 bits per heavy atom. The Bertz CT molecular complexity index is 830. The van der Waals surface area contributed by atoms with Crippen LogP contribution in [0, 0.1) is 13.8 Å². The minimum absolute atomic E-state index is 0.235. The normalized spacial score (nSPS) is 10.1. The van der Waals surface area contributed by atoms with Crippen molar-refractivity contribution in [2.24, 2.45) is 0 Å². The van der Waals surface area contributed by atoms with Crippen molar-refractivity contribution in [2.45, 2.75) is 27.3 Å². The summed E-state index contributed by atoms with van der Waals surface area (Å²) >= 11 is 0. The number of carbonyl (C=O) groups excluding carboxylic acids is 3. The summed E-state index contributed by atoms with van der Waals surface area (Å²) in [7, 11) is 0. The van der Waals surface area contributed by atoms with Crippen LogP contribution in [-0.4, -0.2) is 24.4 Å². The van der Waals surface area contributed by atoms with E-state index in [1.54, 1.807) is 18.2 Å². The molecule has 0 saturated heterocycles. The summed E-state index contributed by atoms with van der Waals surface area (Å²) in [5.41, 5.74) is 4.08. The number of hydrogen-bond acceptors (Lipinski definition) is 4. The first kappa shape index (κ1) is 19.2. The Kier molecular flexibility index (Phi) is 6.49. The van der Waals surface area contributed by atoms with Crippen molar-refractivity contribution in [3.05, 3.63) is 64.7 Å². The second-order valence-electron chi connectivity index (χ2n) is 6.03. The van der Waals surface area contributed by atoms with E-state index in [9.17, 15) is 14.4 Å². The van der Waals surface area contributed by atoms with Crippen LogP contribution in [0.5, 0.6) is 0 Å². The Morgan fingerprint density at radius 2 is 1.77 bits per heavy atom. The Labute approximate surface area is 152 Å². The van der Waals surface area contributed by atoms with Crippen LogP contribution in [0.15, 0.2) is 42.5 Å². The van der Waals surface area contributed by atoms with Gasteiger partial charge in [-0.25, -0.2) is 4.79 Å². The number of benzene rings is 2. The fraction of sp³-hybridized carbons (Fsp3) is 0.250. The minimum Gasteiger partial charge on any atom is -0.452 e. The van der Waals surface area contributed by atoms with E-state index in [0.717, 1.165) is 11.1 Å². The van der Waals surface area contributed by atoms with Crippen LogP contribution in [0.25, 0.3) is 0 Å². The Morgan fingerprint density at radius 3 is 2.46 bits per heavy atom. The summed E-state index contributed by atoms with van der Waals surface area (Å²) in [6.45, 7) is 5.42. The van der Waals surface area contributed by atoms with E-state index in [1.165, 1.54) is 18.6 Å². The first-order valence-corrected chi connectivity index (χ1v) is 8.23. The second kappa shape index (κ2) is 8.80. The number of nitrogens with one attached hydrogen (secondary N) is 2. The van der Waals surface area contributed by atoms with Gasteiger partial charge in [-0.05, 0) is 48.7 Å². The fourth-order valence-corrected chi connectivity index (χ4v) is 2.31. The third-order valence-electron chi connectivity index (χ3n) is 3.81. The van der Waals surface area contributed by atoms with Crippen LogP contribution in [0.3, 0.4) is 0 Å². The highest BCUT2D eigenvalue weighted by atomic mass is 16.5. The number of aryl methyl sites for hydroxylation is 2. The summed E-state index contributed by atoms with van der Waals surface area (Å²) in [6.07, 6.45) is 0. The molecule has 0 atom stereocenters. The molecule has 2 aromatic rings. The number of esters is 1. The molecule has 0 fully saturated rings. The lowest BCUT2D eigenvalue weighted by molar-refractivity contribution is -0.124. The summed E-state index contributed by atoms with van der Waals surface area (Å²) in [4.78, 5) is 35.0. The van der Waals surface area contributed by atoms with Gasteiger partial charge in [0.15, 0.2) is 6.61 Å². The van der Waals surface area contributed by atoms with Gasteiger partial charge in [-0.15, -0.1) is 0 Å². The molecule has 0 saturated carbocycles. The maximum Gasteiger partial charge on any atom is 0.338 e. The number of ether oxygens (including phenoxy) is 1. The Hall–Kier alpha value is -3.15. The molecular weight excluding hydrogens is 332 g/mol. The molecule has 0 bridgehead atoms. The van der Waals surface area contributed by atoms with E-state index in [4.69, 9.17) is 4.74 Å². The molecule has 0 aliphatic carbocycles. The summed E-state index contributed by atoms with van der Waals surface area (Å²) in [5, 5.41) is 5.30. The number of rotatable bonds is 6. The average Bonchev–Trinajstić information content (AvgIpc) is 2.60. The van der Waals surface area contributed by atoms with Crippen LogP contribution >= 0.6 is 0 Å². The first-order chi connectivity index (χ1) is 12.3. The summed E-state index contributed by atoms with van der Waals surface area (Å²) < 4.78 is 5.02. The first-order valence-electron chi connectivity index (χ1n) is 8.23. The molecule has 136 valence electrons. The highest BCUT2D eigenvalue weighted by Gasteiger charge is 2.11. The van der Waals surface area contributed by atoms with E-state index in [1.807, 2.05) is 32.0 Å². The van der Waals surface area contributed by atoms with E-state index >= 15 is 0 Å². The van der Waals surface area contributed by atoms with Gasteiger partial charge in [0.1, 0.15) is 0 Å². The van der Waals surface area contributed by atoms with Gasteiger partial charge in [0, 0.05) is 19.2 Å². The molecule has 2 N–H and O–H groups in total. The maximum absolute atomic E-state index is 12.0. The average molecular weight is 354 g/mol. The van der Waals surface area contributed by atoms with Crippen LogP contribution < -0.4 is 10.6 Å². The van der Waals surface area contributed by atoms with Gasteiger partial charge < -0.3 is 15.4 Å². The highest BCUT2D eigenvalue weighted by molar-refractivity contribution is 5.94. The van der Waals surface area contributed by atoms with E-state index in [-0.39, 0.29) is 24.0 Å². The van der Waals surface area contributed by atoms with Crippen molar-refractivity contribution in [1.29, 1.82) is 0 Å². The summed E-state index contributed by atoms with van der Waals surface area (Å²) in [5.74, 6) is -1.24. The smallest absolute Gasteiger partial charge is 0.338 e. The van der Waals surface area contributed by atoms with Gasteiger partial charge in [-0.1, -0.05) is 24.3 Å². The predicted octanol–water partition coefficient (Wildman–Crippen LogP) is 2.74. The van der Waals surface area contributed by atoms with Crippen molar-refractivity contribution in [3.8, 4) is 0 Å². The second-order valence-corrected chi connectivity index (χ2v) is 6.03. The molecular formula is C20H22N2O4. The third-order valence-corrected chi connectivity index (χ3v) is 3.81. The van der Waals surface area contributed by atoms with Crippen molar-refractivity contribution < 1.29 is 19.1 Å². The Balaban J connectivity index is 1.83. The maximum atomic E-state index is 12.0.